The van der Waals surface area contributed by atoms with E-state index in [-0.39, 0.29) is 5.82 Å². The Morgan fingerprint density at radius 2 is 1.79 bits per heavy atom. The minimum absolute atomic E-state index is 0.339. The van der Waals surface area contributed by atoms with Crippen LogP contribution in [0.3, 0.4) is 0 Å². The van der Waals surface area contributed by atoms with Crippen molar-refractivity contribution in [3.63, 3.8) is 0 Å². The molecule has 0 spiro atoms. The molecule has 5 rings (SSSR count). The summed E-state index contributed by atoms with van der Waals surface area (Å²) < 4.78 is 20.8. The second-order valence-corrected chi connectivity index (χ2v) is 7.30. The molecule has 144 valence electrons. The Morgan fingerprint density at radius 1 is 1.00 bits per heavy atom. The summed E-state index contributed by atoms with van der Waals surface area (Å²) in [6.07, 6.45) is 3.73. The van der Waals surface area contributed by atoms with E-state index in [0.717, 1.165) is 37.4 Å². The standard InChI is InChI=1S/C20H21FN6O/c21-17-18(14-4-2-1-3-5-14)22-13-23-19(17)27-10-8-26(9-11-27)12-16-24-25-20(28-16)15-6-7-15/h1-5,13,15H,6-12H2. The first-order chi connectivity index (χ1) is 13.8. The second kappa shape index (κ2) is 7.27. The molecule has 0 atom stereocenters. The molecule has 0 unspecified atom stereocenters. The van der Waals surface area contributed by atoms with E-state index in [0.29, 0.717) is 43.0 Å². The number of halogens is 1. The summed E-state index contributed by atoms with van der Waals surface area (Å²) in [5.74, 6) is 1.90. The van der Waals surface area contributed by atoms with Gasteiger partial charge < -0.3 is 9.32 Å². The van der Waals surface area contributed by atoms with E-state index in [9.17, 15) is 0 Å². The fourth-order valence-corrected chi connectivity index (χ4v) is 3.51. The summed E-state index contributed by atoms with van der Waals surface area (Å²) in [5, 5.41) is 8.29. The first-order valence-electron chi connectivity index (χ1n) is 9.63. The smallest absolute Gasteiger partial charge is 0.230 e. The van der Waals surface area contributed by atoms with Gasteiger partial charge in [0.05, 0.1) is 6.54 Å². The lowest BCUT2D eigenvalue weighted by Crippen LogP contribution is -2.46. The van der Waals surface area contributed by atoms with E-state index in [1.165, 1.54) is 6.33 Å². The van der Waals surface area contributed by atoms with Gasteiger partial charge in [-0.25, -0.2) is 14.4 Å². The number of aromatic nitrogens is 4. The predicted octanol–water partition coefficient (Wildman–Crippen LogP) is 2.87. The molecule has 8 heteroatoms. The van der Waals surface area contributed by atoms with Gasteiger partial charge >= 0.3 is 0 Å². The zero-order valence-electron chi connectivity index (χ0n) is 15.5. The van der Waals surface area contributed by atoms with Crippen molar-refractivity contribution in [2.45, 2.75) is 25.3 Å². The maximum atomic E-state index is 15.1. The van der Waals surface area contributed by atoms with Crippen LogP contribution in [0.15, 0.2) is 41.1 Å². The third-order valence-corrected chi connectivity index (χ3v) is 5.26. The molecule has 1 aliphatic carbocycles. The Morgan fingerprint density at radius 3 is 2.54 bits per heavy atom. The van der Waals surface area contributed by atoms with E-state index in [2.05, 4.69) is 25.1 Å². The highest BCUT2D eigenvalue weighted by atomic mass is 19.1. The van der Waals surface area contributed by atoms with Gasteiger partial charge in [0.2, 0.25) is 11.8 Å². The number of piperazine rings is 1. The number of rotatable bonds is 5. The largest absolute Gasteiger partial charge is 0.424 e. The summed E-state index contributed by atoms with van der Waals surface area (Å²) >= 11 is 0. The molecule has 2 aromatic heterocycles. The molecule has 3 aromatic rings. The average Bonchev–Trinajstić information content (AvgIpc) is 3.49. The number of hydrogen-bond acceptors (Lipinski definition) is 7. The quantitative estimate of drug-likeness (QED) is 0.674. The van der Waals surface area contributed by atoms with Crippen LogP contribution in [-0.2, 0) is 6.54 Å². The Kier molecular flexibility index (Phi) is 4.48. The van der Waals surface area contributed by atoms with Gasteiger partial charge in [-0.2, -0.15) is 0 Å². The van der Waals surface area contributed by atoms with Crippen LogP contribution in [0.25, 0.3) is 11.3 Å². The Hall–Kier alpha value is -2.87. The van der Waals surface area contributed by atoms with Crippen LogP contribution < -0.4 is 4.90 Å². The second-order valence-electron chi connectivity index (χ2n) is 7.30. The van der Waals surface area contributed by atoms with E-state index in [1.807, 2.05) is 35.2 Å². The van der Waals surface area contributed by atoms with Crippen LogP contribution in [-0.4, -0.2) is 51.2 Å². The van der Waals surface area contributed by atoms with Gasteiger partial charge in [0.25, 0.3) is 0 Å². The molecule has 0 radical (unpaired) electrons. The molecule has 1 saturated heterocycles. The monoisotopic (exact) mass is 380 g/mol. The minimum atomic E-state index is -0.367. The molecule has 0 N–H and O–H groups in total. The molecular weight excluding hydrogens is 359 g/mol. The highest BCUT2D eigenvalue weighted by Gasteiger charge is 2.30. The van der Waals surface area contributed by atoms with E-state index < -0.39 is 0 Å². The van der Waals surface area contributed by atoms with Crippen LogP contribution in [0.4, 0.5) is 10.2 Å². The van der Waals surface area contributed by atoms with Crippen LogP contribution in [0.2, 0.25) is 0 Å². The molecule has 0 bridgehead atoms. The fourth-order valence-electron chi connectivity index (χ4n) is 3.51. The van der Waals surface area contributed by atoms with E-state index >= 15 is 4.39 Å². The SMILES string of the molecule is Fc1c(-c2ccccc2)ncnc1N1CCN(Cc2nnc(C3CC3)o2)CC1. The number of nitrogens with zero attached hydrogens (tertiary/aromatic N) is 6. The maximum Gasteiger partial charge on any atom is 0.230 e. The first-order valence-corrected chi connectivity index (χ1v) is 9.63. The Labute approximate surface area is 162 Å². The third kappa shape index (κ3) is 3.47. The molecule has 3 heterocycles. The predicted molar refractivity (Wildman–Crippen MR) is 101 cm³/mol. The van der Waals surface area contributed by atoms with Crippen molar-refractivity contribution in [1.29, 1.82) is 0 Å². The molecular formula is C20H21FN6O. The van der Waals surface area contributed by atoms with Crippen molar-refractivity contribution in [3.05, 3.63) is 54.3 Å². The number of hydrogen-bond donors (Lipinski definition) is 0. The zero-order chi connectivity index (χ0) is 18.9. The number of anilines is 1. The van der Waals surface area contributed by atoms with E-state index in [4.69, 9.17) is 4.42 Å². The fraction of sp³-hybridized carbons (Fsp3) is 0.400. The van der Waals surface area contributed by atoms with Crippen LogP contribution in [0.5, 0.6) is 0 Å². The lowest BCUT2D eigenvalue weighted by atomic mass is 10.1. The van der Waals surface area contributed by atoms with Gasteiger partial charge in [-0.05, 0) is 12.8 Å². The van der Waals surface area contributed by atoms with Crippen LogP contribution >= 0.6 is 0 Å². The number of benzene rings is 1. The minimum Gasteiger partial charge on any atom is -0.424 e. The molecule has 2 fully saturated rings. The third-order valence-electron chi connectivity index (χ3n) is 5.26. The highest BCUT2D eigenvalue weighted by Crippen LogP contribution is 2.39. The van der Waals surface area contributed by atoms with Crippen molar-refractivity contribution in [3.8, 4) is 11.3 Å². The normalized spacial score (nSPS) is 17.8. The zero-order valence-corrected chi connectivity index (χ0v) is 15.5. The van der Waals surface area contributed by atoms with Crippen molar-refractivity contribution >= 4 is 5.82 Å². The molecule has 1 aliphatic heterocycles. The van der Waals surface area contributed by atoms with Crippen molar-refractivity contribution in [1.82, 2.24) is 25.1 Å². The maximum absolute atomic E-state index is 15.1. The van der Waals surface area contributed by atoms with Crippen LogP contribution in [0.1, 0.15) is 30.5 Å². The van der Waals surface area contributed by atoms with Gasteiger partial charge in [-0.3, -0.25) is 4.90 Å². The summed E-state index contributed by atoms with van der Waals surface area (Å²) in [5.41, 5.74) is 1.09. The van der Waals surface area contributed by atoms with Gasteiger partial charge in [0.1, 0.15) is 12.0 Å². The molecule has 1 saturated carbocycles. The summed E-state index contributed by atoms with van der Waals surface area (Å²) in [7, 11) is 0. The molecule has 28 heavy (non-hydrogen) atoms. The summed E-state index contributed by atoms with van der Waals surface area (Å²) in [4.78, 5) is 12.6. The Balaban J connectivity index is 1.25. The molecule has 7 nitrogen and oxygen atoms in total. The molecule has 1 aromatic carbocycles. The Bertz CT molecular complexity index is 950. The van der Waals surface area contributed by atoms with Gasteiger partial charge in [-0.15, -0.1) is 10.2 Å². The van der Waals surface area contributed by atoms with Gasteiger partial charge in [0.15, 0.2) is 11.6 Å². The van der Waals surface area contributed by atoms with E-state index in [1.54, 1.807) is 0 Å². The highest BCUT2D eigenvalue weighted by molar-refractivity contribution is 5.63. The summed E-state index contributed by atoms with van der Waals surface area (Å²) in [6, 6.07) is 9.36. The summed E-state index contributed by atoms with van der Waals surface area (Å²) in [6.45, 7) is 3.57. The van der Waals surface area contributed by atoms with Crippen molar-refractivity contribution < 1.29 is 8.81 Å². The molecule has 0 amide bonds. The lowest BCUT2D eigenvalue weighted by molar-refractivity contribution is 0.223. The lowest BCUT2D eigenvalue weighted by Gasteiger charge is -2.34. The van der Waals surface area contributed by atoms with Crippen molar-refractivity contribution in [2.24, 2.45) is 0 Å². The topological polar surface area (TPSA) is 71.2 Å². The van der Waals surface area contributed by atoms with Crippen molar-refractivity contribution in [2.75, 3.05) is 31.1 Å². The molecule has 2 aliphatic rings. The van der Waals surface area contributed by atoms with Gasteiger partial charge in [-0.1, -0.05) is 30.3 Å². The average molecular weight is 380 g/mol. The van der Waals surface area contributed by atoms with Crippen LogP contribution in [0, 0.1) is 5.82 Å². The van der Waals surface area contributed by atoms with Gasteiger partial charge in [0, 0.05) is 37.7 Å². The first kappa shape index (κ1) is 17.2.